The van der Waals surface area contributed by atoms with Gasteiger partial charge in [0.1, 0.15) is 5.75 Å². The molecule has 2 aromatic rings. The molecule has 0 radical (unpaired) electrons. The fourth-order valence-corrected chi connectivity index (χ4v) is 2.73. The van der Waals surface area contributed by atoms with E-state index in [4.69, 9.17) is 4.74 Å². The van der Waals surface area contributed by atoms with E-state index >= 15 is 0 Å². The molecule has 7 nitrogen and oxygen atoms in total. The molecule has 1 saturated carbocycles. The van der Waals surface area contributed by atoms with Crippen molar-refractivity contribution in [1.29, 1.82) is 0 Å². The van der Waals surface area contributed by atoms with Gasteiger partial charge < -0.3 is 20.1 Å². The number of rotatable bonds is 9. The molecule has 0 unspecified atom stereocenters. The molecule has 2 amide bonds. The molecule has 0 heterocycles. The Morgan fingerprint density at radius 3 is 2.45 bits per heavy atom. The number of carbonyl (C=O) groups is 3. The number of amides is 2. The van der Waals surface area contributed by atoms with E-state index in [2.05, 4.69) is 15.4 Å². The zero-order valence-corrected chi connectivity index (χ0v) is 16.3. The van der Waals surface area contributed by atoms with Gasteiger partial charge in [-0.2, -0.15) is 0 Å². The molecule has 0 saturated heterocycles. The first-order valence-corrected chi connectivity index (χ1v) is 9.53. The first-order valence-electron chi connectivity index (χ1n) is 9.53. The molecule has 1 fully saturated rings. The lowest BCUT2D eigenvalue weighted by Gasteiger charge is -2.09. The Balaban J connectivity index is 1.42. The van der Waals surface area contributed by atoms with Crippen molar-refractivity contribution in [1.82, 2.24) is 10.6 Å². The molecule has 1 aliphatic rings. The maximum absolute atomic E-state index is 12.3. The summed E-state index contributed by atoms with van der Waals surface area (Å²) in [5.74, 6) is -0.205. The molecule has 0 bridgehead atoms. The van der Waals surface area contributed by atoms with E-state index in [9.17, 15) is 14.4 Å². The van der Waals surface area contributed by atoms with Gasteiger partial charge in [-0.05, 0) is 55.2 Å². The zero-order valence-electron chi connectivity index (χ0n) is 16.3. The van der Waals surface area contributed by atoms with Gasteiger partial charge in [-0.25, -0.2) is 4.79 Å². The summed E-state index contributed by atoms with van der Waals surface area (Å²) in [5, 5.41) is 5.71. The highest BCUT2D eigenvalue weighted by atomic mass is 16.5. The lowest BCUT2D eigenvalue weighted by Crippen LogP contribution is -2.30. The van der Waals surface area contributed by atoms with Crippen LogP contribution >= 0.6 is 0 Å². The number of esters is 1. The van der Waals surface area contributed by atoms with Crippen LogP contribution in [0.15, 0.2) is 48.5 Å². The Kier molecular flexibility index (Phi) is 6.84. The third kappa shape index (κ3) is 6.34. The van der Waals surface area contributed by atoms with Gasteiger partial charge in [0.2, 0.25) is 0 Å². The van der Waals surface area contributed by atoms with E-state index in [-0.39, 0.29) is 18.4 Å². The van der Waals surface area contributed by atoms with Crippen LogP contribution in [0.25, 0.3) is 0 Å². The van der Waals surface area contributed by atoms with Crippen LogP contribution in [0.1, 0.15) is 39.1 Å². The van der Waals surface area contributed by atoms with Crippen LogP contribution < -0.4 is 15.4 Å². The summed E-state index contributed by atoms with van der Waals surface area (Å²) in [6, 6.07) is 14.1. The minimum atomic E-state index is -0.480. The minimum absolute atomic E-state index is 0.0105. The number of hydrogen-bond donors (Lipinski definition) is 2. The van der Waals surface area contributed by atoms with E-state index < -0.39 is 5.97 Å². The highest BCUT2D eigenvalue weighted by Gasteiger charge is 2.23. The van der Waals surface area contributed by atoms with Gasteiger partial charge >= 0.3 is 5.97 Å². The van der Waals surface area contributed by atoms with E-state index in [1.54, 1.807) is 30.3 Å². The lowest BCUT2D eigenvalue weighted by molar-refractivity contribution is -0.123. The number of nitrogens with one attached hydrogen (secondary N) is 2. The molecule has 2 aromatic carbocycles. The second-order valence-electron chi connectivity index (χ2n) is 6.85. The second kappa shape index (κ2) is 9.73. The molecule has 152 valence electrons. The Hall–Kier alpha value is -3.35. The van der Waals surface area contributed by atoms with Crippen molar-refractivity contribution in [3.05, 3.63) is 65.2 Å². The van der Waals surface area contributed by atoms with Crippen molar-refractivity contribution in [3.8, 4) is 5.75 Å². The number of ether oxygens (including phenoxy) is 2. The average molecular weight is 396 g/mol. The summed E-state index contributed by atoms with van der Waals surface area (Å²) < 4.78 is 10.1. The van der Waals surface area contributed by atoms with Gasteiger partial charge in [0, 0.05) is 18.2 Å². The summed E-state index contributed by atoms with van der Waals surface area (Å²) in [5.41, 5.74) is 1.77. The molecule has 0 aliphatic heterocycles. The predicted octanol–water partition coefficient (Wildman–Crippen LogP) is 2.10. The topological polar surface area (TPSA) is 93.7 Å². The van der Waals surface area contributed by atoms with Crippen molar-refractivity contribution in [2.75, 3.05) is 20.3 Å². The molecular weight excluding hydrogens is 372 g/mol. The Bertz CT molecular complexity index is 875. The second-order valence-corrected chi connectivity index (χ2v) is 6.85. The maximum Gasteiger partial charge on any atom is 0.337 e. The van der Waals surface area contributed by atoms with Crippen molar-refractivity contribution in [3.63, 3.8) is 0 Å². The molecule has 2 N–H and O–H groups in total. The van der Waals surface area contributed by atoms with Gasteiger partial charge in [0.25, 0.3) is 11.8 Å². The highest BCUT2D eigenvalue weighted by molar-refractivity contribution is 5.97. The van der Waals surface area contributed by atoms with Gasteiger partial charge in [0.05, 0.1) is 12.7 Å². The standard InChI is InChI=1S/C22H24N2O5/c1-28-22(27)17-4-2-3-16(13-17)21(26)23-12-11-15-5-9-19(10-6-15)29-14-20(25)24-18-7-8-18/h2-6,9-10,13,18H,7-8,11-12,14H2,1H3,(H,23,26)(H,24,25). The summed E-state index contributed by atoms with van der Waals surface area (Å²) in [6.45, 7) is 0.460. The number of benzene rings is 2. The fraction of sp³-hybridized carbons (Fsp3) is 0.318. The molecule has 0 aromatic heterocycles. The molecule has 0 spiro atoms. The van der Waals surface area contributed by atoms with Gasteiger partial charge in [0.15, 0.2) is 6.61 Å². The fourth-order valence-electron chi connectivity index (χ4n) is 2.73. The third-order valence-corrected chi connectivity index (χ3v) is 4.48. The molecule has 0 atom stereocenters. The van der Waals surface area contributed by atoms with Crippen LogP contribution in [-0.2, 0) is 16.0 Å². The summed E-state index contributed by atoms with van der Waals surface area (Å²) >= 11 is 0. The summed E-state index contributed by atoms with van der Waals surface area (Å²) in [4.78, 5) is 35.5. The molecule has 3 rings (SSSR count). The van der Waals surface area contributed by atoms with Crippen LogP contribution in [0, 0.1) is 0 Å². The third-order valence-electron chi connectivity index (χ3n) is 4.48. The molecule has 1 aliphatic carbocycles. The highest BCUT2D eigenvalue weighted by Crippen LogP contribution is 2.18. The quantitative estimate of drug-likeness (QED) is 0.633. The van der Waals surface area contributed by atoms with Crippen molar-refractivity contribution in [2.24, 2.45) is 0 Å². The van der Waals surface area contributed by atoms with Crippen molar-refractivity contribution < 1.29 is 23.9 Å². The van der Waals surface area contributed by atoms with Crippen molar-refractivity contribution in [2.45, 2.75) is 25.3 Å². The summed E-state index contributed by atoms with van der Waals surface area (Å²) in [7, 11) is 1.30. The Morgan fingerprint density at radius 1 is 1.03 bits per heavy atom. The zero-order chi connectivity index (χ0) is 20.6. The van der Waals surface area contributed by atoms with E-state index in [0.29, 0.717) is 35.9 Å². The molecule has 7 heteroatoms. The van der Waals surface area contributed by atoms with E-state index in [1.165, 1.54) is 13.2 Å². The van der Waals surface area contributed by atoms with Gasteiger partial charge in [-0.3, -0.25) is 9.59 Å². The first kappa shape index (κ1) is 20.4. The Morgan fingerprint density at radius 2 is 1.76 bits per heavy atom. The molecule has 29 heavy (non-hydrogen) atoms. The minimum Gasteiger partial charge on any atom is -0.484 e. The number of hydrogen-bond acceptors (Lipinski definition) is 5. The van der Waals surface area contributed by atoms with Crippen LogP contribution in [0.2, 0.25) is 0 Å². The lowest BCUT2D eigenvalue weighted by atomic mass is 10.1. The SMILES string of the molecule is COC(=O)c1cccc(C(=O)NCCc2ccc(OCC(=O)NC3CC3)cc2)c1. The smallest absolute Gasteiger partial charge is 0.337 e. The maximum atomic E-state index is 12.3. The predicted molar refractivity (Wildman–Crippen MR) is 107 cm³/mol. The normalized spacial score (nSPS) is 12.7. The number of carbonyl (C=O) groups excluding carboxylic acids is 3. The Labute approximate surface area is 169 Å². The van der Waals surface area contributed by atoms with Gasteiger partial charge in [-0.1, -0.05) is 18.2 Å². The van der Waals surface area contributed by atoms with E-state index in [1.807, 2.05) is 12.1 Å². The first-order chi connectivity index (χ1) is 14.0. The molecular formula is C22H24N2O5. The van der Waals surface area contributed by atoms with Gasteiger partial charge in [-0.15, -0.1) is 0 Å². The monoisotopic (exact) mass is 396 g/mol. The van der Waals surface area contributed by atoms with Crippen LogP contribution in [0.5, 0.6) is 5.75 Å². The summed E-state index contributed by atoms with van der Waals surface area (Å²) in [6.07, 6.45) is 2.74. The van der Waals surface area contributed by atoms with Crippen LogP contribution in [0.4, 0.5) is 0 Å². The van der Waals surface area contributed by atoms with Crippen molar-refractivity contribution >= 4 is 17.8 Å². The van der Waals surface area contributed by atoms with Crippen LogP contribution in [-0.4, -0.2) is 44.1 Å². The van der Waals surface area contributed by atoms with E-state index in [0.717, 1.165) is 18.4 Å². The number of methoxy groups -OCH3 is 1. The average Bonchev–Trinajstić information content (AvgIpc) is 3.56. The van der Waals surface area contributed by atoms with Crippen LogP contribution in [0.3, 0.4) is 0 Å². The largest absolute Gasteiger partial charge is 0.484 e.